The Labute approximate surface area is 155 Å². The van der Waals surface area contributed by atoms with Gasteiger partial charge in [0.1, 0.15) is 0 Å². The van der Waals surface area contributed by atoms with Crippen LogP contribution in [-0.2, 0) is 0 Å². The van der Waals surface area contributed by atoms with E-state index < -0.39 is 17.6 Å². The van der Waals surface area contributed by atoms with Gasteiger partial charge in [0.25, 0.3) is 0 Å². The summed E-state index contributed by atoms with van der Waals surface area (Å²) in [4.78, 5) is 11.5. The molecule has 1 saturated carbocycles. The highest BCUT2D eigenvalue weighted by atomic mass is 16.4. The summed E-state index contributed by atoms with van der Waals surface area (Å²) >= 11 is 0. The highest BCUT2D eigenvalue weighted by molar-refractivity contribution is 5.94. The van der Waals surface area contributed by atoms with Crippen LogP contribution in [0.15, 0.2) is 48.1 Å². The van der Waals surface area contributed by atoms with Gasteiger partial charge >= 0.3 is 5.97 Å². The molecule has 3 rings (SSSR count). The van der Waals surface area contributed by atoms with E-state index in [1.807, 2.05) is 26.0 Å². The van der Waals surface area contributed by atoms with E-state index in [0.29, 0.717) is 5.69 Å². The van der Waals surface area contributed by atoms with E-state index >= 15 is 0 Å². The molecule has 0 aliphatic heterocycles. The number of benzene rings is 1. The van der Waals surface area contributed by atoms with Gasteiger partial charge in [-0.05, 0) is 63.2 Å². The minimum atomic E-state index is -0.949. The summed E-state index contributed by atoms with van der Waals surface area (Å²) in [5, 5.41) is 23.7. The van der Waals surface area contributed by atoms with Gasteiger partial charge in [-0.1, -0.05) is 37.3 Å². The Bertz CT molecular complexity index is 764. The van der Waals surface area contributed by atoms with Crippen LogP contribution in [0.3, 0.4) is 0 Å². The van der Waals surface area contributed by atoms with E-state index in [1.165, 1.54) is 5.57 Å². The minimum absolute atomic E-state index is 0.145. The molecule has 2 aliphatic carbocycles. The molecule has 0 saturated heterocycles. The molecule has 1 aromatic carbocycles. The first-order chi connectivity index (χ1) is 12.1. The van der Waals surface area contributed by atoms with Crippen molar-refractivity contribution in [2.45, 2.75) is 58.1 Å². The molecule has 0 aromatic heterocycles. The summed E-state index contributed by atoms with van der Waals surface area (Å²) in [5.41, 5.74) is 2.57. The van der Waals surface area contributed by atoms with Crippen LogP contribution in [0.4, 0.5) is 5.69 Å². The summed E-state index contributed by atoms with van der Waals surface area (Å²) in [5.74, 6) is -0.683. The summed E-state index contributed by atoms with van der Waals surface area (Å²) < 4.78 is 0. The number of carboxylic acid groups (broad SMARTS) is 1. The summed E-state index contributed by atoms with van der Waals surface area (Å²) in [6.07, 6.45) is 5.43. The van der Waals surface area contributed by atoms with Gasteiger partial charge in [0.05, 0.1) is 17.2 Å². The Hall–Kier alpha value is -2.07. The van der Waals surface area contributed by atoms with Gasteiger partial charge in [0.2, 0.25) is 0 Å². The second-order valence-corrected chi connectivity index (χ2v) is 8.51. The maximum Gasteiger partial charge on any atom is 0.337 e. The molecule has 3 atom stereocenters. The van der Waals surface area contributed by atoms with Crippen molar-refractivity contribution in [1.29, 1.82) is 0 Å². The molecular weight excluding hydrogens is 326 g/mol. The van der Waals surface area contributed by atoms with Crippen LogP contribution >= 0.6 is 0 Å². The number of aliphatic hydroxyl groups is 1. The molecule has 4 nitrogen and oxygen atoms in total. The van der Waals surface area contributed by atoms with E-state index in [4.69, 9.17) is 0 Å². The lowest BCUT2D eigenvalue weighted by Crippen LogP contribution is -2.48. The first kappa shape index (κ1) is 18.7. The number of hydrogen-bond donors (Lipinski definition) is 3. The smallest absolute Gasteiger partial charge is 0.337 e. The molecular formula is C22H29NO3. The number of aromatic carboxylic acids is 1. The lowest BCUT2D eigenvalue weighted by atomic mass is 9.57. The molecule has 0 amide bonds. The van der Waals surface area contributed by atoms with Gasteiger partial charge in [-0.3, -0.25) is 0 Å². The Balaban J connectivity index is 1.91. The third kappa shape index (κ3) is 3.18. The summed E-state index contributed by atoms with van der Waals surface area (Å²) in [6, 6.07) is 6.94. The predicted molar refractivity (Wildman–Crippen MR) is 104 cm³/mol. The van der Waals surface area contributed by atoms with Gasteiger partial charge in [0, 0.05) is 11.1 Å². The van der Waals surface area contributed by atoms with E-state index in [9.17, 15) is 15.0 Å². The predicted octanol–water partition coefficient (Wildman–Crippen LogP) is 4.63. The quantitative estimate of drug-likeness (QED) is 0.689. The number of aliphatic hydroxyl groups excluding tert-OH is 1. The molecule has 2 aliphatic rings. The largest absolute Gasteiger partial charge is 0.478 e. The van der Waals surface area contributed by atoms with Crippen LogP contribution in [0.1, 0.15) is 56.8 Å². The second kappa shape index (κ2) is 6.58. The Morgan fingerprint density at radius 1 is 1.35 bits per heavy atom. The Kier molecular flexibility index (Phi) is 4.74. The average Bonchev–Trinajstić information content (AvgIpc) is 2.56. The number of hydrogen-bond acceptors (Lipinski definition) is 3. The second-order valence-electron chi connectivity index (χ2n) is 8.51. The van der Waals surface area contributed by atoms with Crippen LogP contribution in [-0.4, -0.2) is 27.8 Å². The van der Waals surface area contributed by atoms with Gasteiger partial charge in [0.15, 0.2) is 0 Å². The van der Waals surface area contributed by atoms with E-state index in [-0.39, 0.29) is 16.9 Å². The monoisotopic (exact) mass is 355 g/mol. The molecule has 0 unspecified atom stereocenters. The van der Waals surface area contributed by atoms with Crippen molar-refractivity contribution in [3.8, 4) is 0 Å². The number of rotatable bonds is 4. The molecule has 0 radical (unpaired) electrons. The fraction of sp³-hybridized carbons (Fsp3) is 0.500. The van der Waals surface area contributed by atoms with E-state index in [1.54, 1.807) is 18.2 Å². The number of para-hydroxylation sites is 1. The van der Waals surface area contributed by atoms with Gasteiger partial charge in [-0.25, -0.2) is 4.79 Å². The van der Waals surface area contributed by atoms with Crippen molar-refractivity contribution < 1.29 is 15.0 Å². The van der Waals surface area contributed by atoms with Crippen molar-refractivity contribution in [3.63, 3.8) is 0 Å². The molecule has 0 heterocycles. The maximum absolute atomic E-state index is 11.5. The number of nitrogens with one attached hydrogen (secondary N) is 1. The number of anilines is 1. The zero-order chi connectivity index (χ0) is 19.1. The topological polar surface area (TPSA) is 69.6 Å². The van der Waals surface area contributed by atoms with Crippen molar-refractivity contribution in [1.82, 2.24) is 0 Å². The van der Waals surface area contributed by atoms with Crippen LogP contribution in [0, 0.1) is 11.3 Å². The fourth-order valence-corrected chi connectivity index (χ4v) is 4.57. The molecule has 26 heavy (non-hydrogen) atoms. The van der Waals surface area contributed by atoms with Crippen LogP contribution in [0.5, 0.6) is 0 Å². The van der Waals surface area contributed by atoms with Gasteiger partial charge in [-0.15, -0.1) is 0 Å². The Morgan fingerprint density at radius 2 is 2.04 bits per heavy atom. The molecule has 4 heteroatoms. The lowest BCUT2D eigenvalue weighted by molar-refractivity contribution is 0.00554. The van der Waals surface area contributed by atoms with Crippen LogP contribution in [0.2, 0.25) is 0 Å². The molecule has 1 aromatic rings. The molecule has 3 N–H and O–H groups in total. The number of allylic oxidation sites excluding steroid dienone is 1. The van der Waals surface area contributed by atoms with Crippen molar-refractivity contribution in [3.05, 3.63) is 53.6 Å². The third-order valence-electron chi connectivity index (χ3n) is 6.37. The summed E-state index contributed by atoms with van der Waals surface area (Å²) in [7, 11) is 0. The number of fused-ring (bicyclic) bond motifs is 1. The highest BCUT2D eigenvalue weighted by Crippen LogP contribution is 2.53. The molecule has 0 bridgehead atoms. The lowest BCUT2D eigenvalue weighted by Gasteiger charge is -2.50. The zero-order valence-corrected chi connectivity index (χ0v) is 15.9. The van der Waals surface area contributed by atoms with Crippen molar-refractivity contribution in [2.24, 2.45) is 11.3 Å². The molecule has 140 valence electrons. The van der Waals surface area contributed by atoms with Crippen LogP contribution in [0.25, 0.3) is 0 Å². The summed E-state index contributed by atoms with van der Waals surface area (Å²) in [6.45, 7) is 10.5. The van der Waals surface area contributed by atoms with Crippen molar-refractivity contribution in [2.75, 3.05) is 5.32 Å². The first-order valence-corrected chi connectivity index (χ1v) is 9.32. The van der Waals surface area contributed by atoms with Gasteiger partial charge in [-0.2, -0.15) is 0 Å². The molecule has 0 spiro atoms. The maximum atomic E-state index is 11.5. The number of carbonyl (C=O) groups is 1. The third-order valence-corrected chi connectivity index (χ3v) is 6.37. The standard InChI is InChI=1S/C22H29NO3/c1-14-8-7-11-22(4)17(14)12-15(13-19(22)24)21(2,3)23-18-10-6-5-9-16(18)20(25)26/h5-6,9-10,13,17,19,23-24H,1,7-8,11-12H2,2-4H3,(H,25,26)/t17-,19+,22-/m0/s1. The fourth-order valence-electron chi connectivity index (χ4n) is 4.57. The molecule has 1 fully saturated rings. The zero-order valence-electron chi connectivity index (χ0n) is 15.9. The SMILES string of the molecule is C=C1CCC[C@]2(C)[C@H](O)C=C(C(C)(C)Nc3ccccc3C(=O)O)C[C@@H]12. The average molecular weight is 355 g/mol. The van der Waals surface area contributed by atoms with Crippen LogP contribution < -0.4 is 5.32 Å². The van der Waals surface area contributed by atoms with E-state index in [2.05, 4.69) is 18.8 Å². The normalized spacial score (nSPS) is 28.9. The van der Waals surface area contributed by atoms with E-state index in [0.717, 1.165) is 31.3 Å². The minimum Gasteiger partial charge on any atom is -0.478 e. The number of carboxylic acids is 1. The van der Waals surface area contributed by atoms with Crippen molar-refractivity contribution >= 4 is 11.7 Å². The first-order valence-electron chi connectivity index (χ1n) is 9.32. The van der Waals surface area contributed by atoms with Gasteiger partial charge < -0.3 is 15.5 Å². The Morgan fingerprint density at radius 3 is 2.73 bits per heavy atom. The highest BCUT2D eigenvalue weighted by Gasteiger charge is 2.47.